The zero-order valence-corrected chi connectivity index (χ0v) is 13.7. The fraction of sp³-hybridized carbons (Fsp3) is 0.538. The SMILES string of the molecule is COC(=O)c1c(C(=O)NC(CCSC)C(=O)O)c(C)nn1C. The lowest BCUT2D eigenvalue weighted by Crippen LogP contribution is -2.41. The average molecular weight is 329 g/mol. The van der Waals surface area contributed by atoms with Crippen LogP contribution in [0.3, 0.4) is 0 Å². The number of aliphatic carboxylic acids is 1. The molecule has 0 fully saturated rings. The van der Waals surface area contributed by atoms with Gasteiger partial charge in [-0.3, -0.25) is 9.48 Å². The highest BCUT2D eigenvalue weighted by Gasteiger charge is 2.28. The summed E-state index contributed by atoms with van der Waals surface area (Å²) in [6.07, 6.45) is 2.14. The quantitative estimate of drug-likeness (QED) is 0.699. The summed E-state index contributed by atoms with van der Waals surface area (Å²) < 4.78 is 5.88. The third kappa shape index (κ3) is 4.00. The molecule has 0 aliphatic rings. The number of carboxylic acid groups (broad SMARTS) is 1. The summed E-state index contributed by atoms with van der Waals surface area (Å²) >= 11 is 1.48. The summed E-state index contributed by atoms with van der Waals surface area (Å²) in [5.74, 6) is -1.89. The molecule has 0 saturated carbocycles. The van der Waals surface area contributed by atoms with E-state index in [1.165, 1.54) is 30.6 Å². The molecule has 9 heteroatoms. The van der Waals surface area contributed by atoms with Crippen molar-refractivity contribution >= 4 is 29.6 Å². The molecule has 0 saturated heterocycles. The van der Waals surface area contributed by atoms with Gasteiger partial charge < -0.3 is 15.2 Å². The second-order valence-corrected chi connectivity index (χ2v) is 5.56. The molecular formula is C13H19N3O5S. The number of methoxy groups -OCH3 is 1. The van der Waals surface area contributed by atoms with Crippen molar-refractivity contribution in [2.24, 2.45) is 7.05 Å². The van der Waals surface area contributed by atoms with Gasteiger partial charge in [-0.1, -0.05) is 0 Å². The number of aromatic nitrogens is 2. The molecule has 1 amide bonds. The molecule has 0 aliphatic heterocycles. The molecule has 22 heavy (non-hydrogen) atoms. The summed E-state index contributed by atoms with van der Waals surface area (Å²) in [5.41, 5.74) is 0.352. The first-order valence-corrected chi connectivity index (χ1v) is 7.87. The summed E-state index contributed by atoms with van der Waals surface area (Å²) in [7, 11) is 2.71. The summed E-state index contributed by atoms with van der Waals surface area (Å²) in [5, 5.41) is 15.6. The minimum absolute atomic E-state index is 0.00787. The molecule has 1 heterocycles. The third-order valence-corrected chi connectivity index (χ3v) is 3.69. The predicted molar refractivity (Wildman–Crippen MR) is 81.2 cm³/mol. The number of thioether (sulfide) groups is 1. The molecule has 0 radical (unpaired) electrons. The highest BCUT2D eigenvalue weighted by Crippen LogP contribution is 2.15. The first-order chi connectivity index (χ1) is 10.3. The Morgan fingerprint density at radius 2 is 2.09 bits per heavy atom. The van der Waals surface area contributed by atoms with Crippen molar-refractivity contribution in [2.45, 2.75) is 19.4 Å². The van der Waals surface area contributed by atoms with Crippen molar-refractivity contribution in [3.05, 3.63) is 17.0 Å². The van der Waals surface area contributed by atoms with Gasteiger partial charge in [0.2, 0.25) is 0 Å². The fourth-order valence-electron chi connectivity index (χ4n) is 1.98. The maximum Gasteiger partial charge on any atom is 0.357 e. The van der Waals surface area contributed by atoms with Crippen LogP contribution in [0.2, 0.25) is 0 Å². The summed E-state index contributed by atoms with van der Waals surface area (Å²) in [6, 6.07) is -1.02. The van der Waals surface area contributed by atoms with Gasteiger partial charge in [-0.15, -0.1) is 0 Å². The van der Waals surface area contributed by atoms with Crippen LogP contribution in [-0.4, -0.2) is 57.9 Å². The van der Waals surface area contributed by atoms with E-state index in [2.05, 4.69) is 15.2 Å². The van der Waals surface area contributed by atoms with Crippen LogP contribution in [0, 0.1) is 6.92 Å². The number of aryl methyl sites for hydroxylation is 2. The number of carbonyl (C=O) groups is 3. The first-order valence-electron chi connectivity index (χ1n) is 6.48. The van der Waals surface area contributed by atoms with Gasteiger partial charge in [0.1, 0.15) is 6.04 Å². The molecule has 1 rings (SSSR count). The van der Waals surface area contributed by atoms with Crippen LogP contribution in [0.4, 0.5) is 0 Å². The van der Waals surface area contributed by atoms with Crippen LogP contribution in [-0.2, 0) is 16.6 Å². The number of hydrogen-bond acceptors (Lipinski definition) is 6. The Bertz CT molecular complexity index is 584. The molecule has 8 nitrogen and oxygen atoms in total. The highest BCUT2D eigenvalue weighted by atomic mass is 32.2. The molecule has 1 aromatic heterocycles. The minimum Gasteiger partial charge on any atom is -0.480 e. The van der Waals surface area contributed by atoms with Gasteiger partial charge in [-0.05, 0) is 25.4 Å². The van der Waals surface area contributed by atoms with E-state index in [0.717, 1.165) is 0 Å². The van der Waals surface area contributed by atoms with Crippen LogP contribution >= 0.6 is 11.8 Å². The normalized spacial score (nSPS) is 11.8. The largest absolute Gasteiger partial charge is 0.480 e. The van der Waals surface area contributed by atoms with Gasteiger partial charge in [-0.2, -0.15) is 16.9 Å². The fourth-order valence-corrected chi connectivity index (χ4v) is 2.46. The number of nitrogens with zero attached hydrogens (tertiary/aromatic N) is 2. The topological polar surface area (TPSA) is 111 Å². The van der Waals surface area contributed by atoms with E-state index in [9.17, 15) is 14.4 Å². The van der Waals surface area contributed by atoms with Gasteiger partial charge in [0.25, 0.3) is 5.91 Å². The first kappa shape index (κ1) is 18.0. The molecule has 1 aromatic rings. The van der Waals surface area contributed by atoms with Gasteiger partial charge >= 0.3 is 11.9 Å². The van der Waals surface area contributed by atoms with E-state index in [0.29, 0.717) is 11.4 Å². The second-order valence-electron chi connectivity index (χ2n) is 4.57. The Morgan fingerprint density at radius 3 is 2.59 bits per heavy atom. The monoisotopic (exact) mass is 329 g/mol. The Balaban J connectivity index is 3.07. The lowest BCUT2D eigenvalue weighted by atomic mass is 10.1. The van der Waals surface area contributed by atoms with Gasteiger partial charge in [0.15, 0.2) is 5.69 Å². The van der Waals surface area contributed by atoms with E-state index in [1.807, 2.05) is 6.26 Å². The standard InChI is InChI=1S/C13H19N3O5S/c1-7-9(10(13(20)21-3)16(2)15-7)11(17)14-8(12(18)19)5-6-22-4/h8H,5-6H2,1-4H3,(H,14,17)(H,18,19). The minimum atomic E-state index is -1.12. The van der Waals surface area contributed by atoms with Crippen LogP contribution in [0.1, 0.15) is 33.0 Å². The zero-order chi connectivity index (χ0) is 16.9. The number of carboxylic acids is 1. The summed E-state index contributed by atoms with van der Waals surface area (Å²) in [4.78, 5) is 35.3. The van der Waals surface area contributed by atoms with Gasteiger partial charge in [0.05, 0.1) is 18.4 Å². The summed E-state index contributed by atoms with van der Waals surface area (Å²) in [6.45, 7) is 1.57. The smallest absolute Gasteiger partial charge is 0.357 e. The van der Waals surface area contributed by atoms with Gasteiger partial charge in [-0.25, -0.2) is 9.59 Å². The van der Waals surface area contributed by atoms with Crippen molar-refractivity contribution in [1.82, 2.24) is 15.1 Å². The molecule has 0 spiro atoms. The second kappa shape index (κ2) is 7.83. The predicted octanol–water partition coefficient (Wildman–Crippen LogP) is 0.451. The third-order valence-electron chi connectivity index (χ3n) is 3.04. The number of carbonyl (C=O) groups excluding carboxylic acids is 2. The van der Waals surface area contributed by atoms with Crippen molar-refractivity contribution in [3.63, 3.8) is 0 Å². The number of esters is 1. The Morgan fingerprint density at radius 1 is 1.45 bits per heavy atom. The molecule has 122 valence electrons. The highest BCUT2D eigenvalue weighted by molar-refractivity contribution is 7.98. The van der Waals surface area contributed by atoms with E-state index in [-0.39, 0.29) is 17.7 Å². The van der Waals surface area contributed by atoms with E-state index in [1.54, 1.807) is 6.92 Å². The average Bonchev–Trinajstić information content (AvgIpc) is 2.76. The van der Waals surface area contributed by atoms with Crippen molar-refractivity contribution in [3.8, 4) is 0 Å². The van der Waals surface area contributed by atoms with E-state index < -0.39 is 23.9 Å². The van der Waals surface area contributed by atoms with Crippen molar-refractivity contribution in [1.29, 1.82) is 0 Å². The van der Waals surface area contributed by atoms with Crippen LogP contribution in [0.25, 0.3) is 0 Å². The molecule has 2 N–H and O–H groups in total. The van der Waals surface area contributed by atoms with Crippen LogP contribution < -0.4 is 5.32 Å². The molecule has 1 atom stereocenters. The van der Waals surface area contributed by atoms with E-state index in [4.69, 9.17) is 5.11 Å². The lowest BCUT2D eigenvalue weighted by Gasteiger charge is -2.14. The molecular weight excluding hydrogens is 310 g/mol. The molecule has 0 aliphatic carbocycles. The number of hydrogen-bond donors (Lipinski definition) is 2. The molecule has 0 bridgehead atoms. The van der Waals surface area contributed by atoms with Crippen molar-refractivity contribution < 1.29 is 24.2 Å². The molecule has 0 aromatic carbocycles. The van der Waals surface area contributed by atoms with Gasteiger partial charge in [0, 0.05) is 7.05 Å². The Labute approximate surface area is 132 Å². The molecule has 1 unspecified atom stereocenters. The zero-order valence-electron chi connectivity index (χ0n) is 12.9. The van der Waals surface area contributed by atoms with E-state index >= 15 is 0 Å². The maximum atomic E-state index is 12.4. The van der Waals surface area contributed by atoms with Crippen molar-refractivity contribution in [2.75, 3.05) is 19.1 Å². The van der Waals surface area contributed by atoms with Crippen LogP contribution in [0.15, 0.2) is 0 Å². The number of rotatable bonds is 7. The number of ether oxygens (including phenoxy) is 1. The maximum absolute atomic E-state index is 12.4. The van der Waals surface area contributed by atoms with Crippen LogP contribution in [0.5, 0.6) is 0 Å². The Kier molecular flexibility index (Phi) is 6.41. The number of nitrogens with one attached hydrogen (secondary N) is 1. The number of amides is 1. The Hall–Kier alpha value is -2.03. The lowest BCUT2D eigenvalue weighted by molar-refractivity contribution is -0.139.